The van der Waals surface area contributed by atoms with Gasteiger partial charge in [0, 0.05) is 39.5 Å². The molecule has 4 aromatic rings. The molecule has 192 valence electrons. The van der Waals surface area contributed by atoms with Gasteiger partial charge in [0.2, 0.25) is 5.91 Å². The topological polar surface area (TPSA) is 79.3 Å². The number of anilines is 1. The maximum Gasteiger partial charge on any atom is 0.261 e. The smallest absolute Gasteiger partial charge is 0.261 e. The van der Waals surface area contributed by atoms with Crippen LogP contribution in [0.25, 0.3) is 15.8 Å². The van der Waals surface area contributed by atoms with Crippen molar-refractivity contribution in [2.45, 2.75) is 38.3 Å². The average Bonchev–Trinajstić information content (AvgIpc) is 3.51. The van der Waals surface area contributed by atoms with Crippen molar-refractivity contribution in [3.63, 3.8) is 0 Å². The summed E-state index contributed by atoms with van der Waals surface area (Å²) >= 11 is 7.52. The standard InChI is InChI=1S/C28H30ClN5O2S/c1-33(2)17-26-30-13-14-34(26)21-11-9-20(10-12-21)31-27(35)22-5-3-4-6-23(22)32-28(36)25-15-18-7-8-19(29)16-24(18)37-25/h7-16,22-23H,3-6,17H2,1-2H3,(H,31,35)(H,32,36)/t22-,23+/m0/s1. The number of hydrogen-bond acceptors (Lipinski definition) is 5. The Morgan fingerprint density at radius 3 is 2.68 bits per heavy atom. The number of imidazole rings is 1. The lowest BCUT2D eigenvalue weighted by Gasteiger charge is -2.31. The fourth-order valence-electron chi connectivity index (χ4n) is 4.88. The molecule has 2 amide bonds. The lowest BCUT2D eigenvalue weighted by atomic mass is 9.83. The number of aromatic nitrogens is 2. The van der Waals surface area contributed by atoms with E-state index in [1.807, 2.05) is 73.4 Å². The van der Waals surface area contributed by atoms with Crippen LogP contribution in [0.4, 0.5) is 5.69 Å². The number of amides is 2. The summed E-state index contributed by atoms with van der Waals surface area (Å²) in [6, 6.07) is 15.1. The molecule has 1 aliphatic carbocycles. The van der Waals surface area contributed by atoms with Gasteiger partial charge in [0.05, 0.1) is 17.3 Å². The van der Waals surface area contributed by atoms with Crippen LogP contribution < -0.4 is 10.6 Å². The van der Waals surface area contributed by atoms with Crippen LogP contribution in [0, 0.1) is 5.92 Å². The molecule has 9 heteroatoms. The monoisotopic (exact) mass is 535 g/mol. The zero-order valence-electron chi connectivity index (χ0n) is 20.9. The van der Waals surface area contributed by atoms with E-state index in [1.165, 1.54) is 11.3 Å². The molecule has 0 bridgehead atoms. The predicted octanol–water partition coefficient (Wildman–Crippen LogP) is 5.73. The summed E-state index contributed by atoms with van der Waals surface area (Å²) in [6.07, 6.45) is 7.23. The normalized spacial score (nSPS) is 17.7. The SMILES string of the molecule is CN(C)Cc1nccn1-c1ccc(NC(=O)[C@H]2CCCC[C@H]2NC(=O)c2cc3ccc(Cl)cc3s2)cc1. The minimum atomic E-state index is -0.276. The van der Waals surface area contributed by atoms with E-state index < -0.39 is 0 Å². The minimum absolute atomic E-state index is 0.0585. The highest BCUT2D eigenvalue weighted by Crippen LogP contribution is 2.30. The number of rotatable bonds is 7. The molecule has 1 fully saturated rings. The highest BCUT2D eigenvalue weighted by Gasteiger charge is 2.32. The van der Waals surface area contributed by atoms with E-state index in [4.69, 9.17) is 11.6 Å². The van der Waals surface area contributed by atoms with Gasteiger partial charge in [0.15, 0.2) is 0 Å². The van der Waals surface area contributed by atoms with Gasteiger partial charge in [-0.3, -0.25) is 9.59 Å². The molecule has 0 saturated heterocycles. The van der Waals surface area contributed by atoms with Crippen molar-refractivity contribution in [1.82, 2.24) is 19.8 Å². The van der Waals surface area contributed by atoms with Crippen LogP contribution in [-0.2, 0) is 11.3 Å². The fraction of sp³-hybridized carbons (Fsp3) is 0.321. The van der Waals surface area contributed by atoms with Crippen LogP contribution in [-0.4, -0.2) is 46.4 Å². The van der Waals surface area contributed by atoms with Crippen molar-refractivity contribution >= 4 is 50.5 Å². The molecule has 37 heavy (non-hydrogen) atoms. The Balaban J connectivity index is 1.25. The zero-order valence-corrected chi connectivity index (χ0v) is 22.5. The van der Waals surface area contributed by atoms with Crippen molar-refractivity contribution < 1.29 is 9.59 Å². The van der Waals surface area contributed by atoms with Gasteiger partial charge in [0.25, 0.3) is 5.91 Å². The van der Waals surface area contributed by atoms with Gasteiger partial charge < -0.3 is 20.1 Å². The zero-order chi connectivity index (χ0) is 25.9. The van der Waals surface area contributed by atoms with Gasteiger partial charge in [-0.15, -0.1) is 11.3 Å². The average molecular weight is 536 g/mol. The van der Waals surface area contributed by atoms with Gasteiger partial charge in [-0.25, -0.2) is 4.98 Å². The van der Waals surface area contributed by atoms with E-state index in [1.54, 1.807) is 6.20 Å². The van der Waals surface area contributed by atoms with E-state index in [2.05, 4.69) is 20.5 Å². The molecule has 2 heterocycles. The largest absolute Gasteiger partial charge is 0.348 e. The number of carbonyl (C=O) groups excluding carboxylic acids is 2. The third-order valence-corrected chi connectivity index (χ3v) is 8.04. The molecule has 0 unspecified atom stereocenters. The number of hydrogen-bond donors (Lipinski definition) is 2. The maximum absolute atomic E-state index is 13.3. The van der Waals surface area contributed by atoms with Crippen LogP contribution in [0.2, 0.25) is 5.02 Å². The number of carbonyl (C=O) groups is 2. The van der Waals surface area contributed by atoms with Crippen molar-refractivity contribution in [2.24, 2.45) is 5.92 Å². The molecular weight excluding hydrogens is 506 g/mol. The van der Waals surface area contributed by atoms with E-state index >= 15 is 0 Å². The third-order valence-electron chi connectivity index (χ3n) is 6.71. The molecular formula is C28H30ClN5O2S. The Morgan fingerprint density at radius 2 is 1.89 bits per heavy atom. The summed E-state index contributed by atoms with van der Waals surface area (Å²) in [5.41, 5.74) is 1.72. The van der Waals surface area contributed by atoms with Crippen molar-refractivity contribution in [3.8, 4) is 5.69 Å². The Kier molecular flexibility index (Phi) is 7.60. The van der Waals surface area contributed by atoms with Crippen LogP contribution in [0.5, 0.6) is 0 Å². The van der Waals surface area contributed by atoms with E-state index in [0.717, 1.165) is 59.5 Å². The highest BCUT2D eigenvalue weighted by molar-refractivity contribution is 7.20. The predicted molar refractivity (Wildman–Crippen MR) is 150 cm³/mol. The number of fused-ring (bicyclic) bond motifs is 1. The lowest BCUT2D eigenvalue weighted by Crippen LogP contribution is -2.46. The van der Waals surface area contributed by atoms with E-state index in [0.29, 0.717) is 9.90 Å². The molecule has 5 rings (SSSR count). The summed E-state index contributed by atoms with van der Waals surface area (Å²) in [5.74, 6) is 0.475. The third kappa shape index (κ3) is 5.87. The first-order valence-corrected chi connectivity index (χ1v) is 13.6. The van der Waals surface area contributed by atoms with Gasteiger partial charge in [-0.1, -0.05) is 30.5 Å². The maximum atomic E-state index is 13.3. The van der Waals surface area contributed by atoms with Crippen molar-refractivity contribution in [3.05, 3.63) is 76.6 Å². The number of benzene rings is 2. The minimum Gasteiger partial charge on any atom is -0.348 e. The van der Waals surface area contributed by atoms with Crippen molar-refractivity contribution in [2.75, 3.05) is 19.4 Å². The first-order chi connectivity index (χ1) is 17.9. The quantitative estimate of drug-likeness (QED) is 0.317. The summed E-state index contributed by atoms with van der Waals surface area (Å²) < 4.78 is 3.02. The number of nitrogens with one attached hydrogen (secondary N) is 2. The van der Waals surface area contributed by atoms with Crippen LogP contribution in [0.15, 0.2) is 60.9 Å². The summed E-state index contributed by atoms with van der Waals surface area (Å²) in [5, 5.41) is 7.85. The molecule has 0 spiro atoms. The molecule has 2 atom stereocenters. The van der Waals surface area contributed by atoms with Crippen LogP contribution in [0.3, 0.4) is 0 Å². The Morgan fingerprint density at radius 1 is 1.11 bits per heavy atom. The molecule has 1 saturated carbocycles. The fourth-order valence-corrected chi connectivity index (χ4v) is 6.13. The second-order valence-corrected chi connectivity index (χ2v) is 11.3. The molecule has 1 aliphatic rings. The summed E-state index contributed by atoms with van der Waals surface area (Å²) in [4.78, 5) is 33.5. The lowest BCUT2D eigenvalue weighted by molar-refractivity contribution is -0.121. The Labute approximate surface area is 225 Å². The first-order valence-electron chi connectivity index (χ1n) is 12.5. The molecule has 7 nitrogen and oxygen atoms in total. The number of halogens is 1. The first kappa shape index (κ1) is 25.4. The van der Waals surface area contributed by atoms with E-state index in [9.17, 15) is 9.59 Å². The van der Waals surface area contributed by atoms with Gasteiger partial charge in [-0.2, -0.15) is 0 Å². The highest BCUT2D eigenvalue weighted by atomic mass is 35.5. The second-order valence-electron chi connectivity index (χ2n) is 9.75. The number of thiophene rings is 1. The van der Waals surface area contributed by atoms with Crippen LogP contribution >= 0.6 is 22.9 Å². The molecule has 0 aliphatic heterocycles. The summed E-state index contributed by atoms with van der Waals surface area (Å²) in [7, 11) is 4.02. The molecule has 0 radical (unpaired) electrons. The molecule has 2 aromatic heterocycles. The molecule has 2 aromatic carbocycles. The number of nitrogens with zero attached hydrogens (tertiary/aromatic N) is 3. The van der Waals surface area contributed by atoms with E-state index in [-0.39, 0.29) is 23.8 Å². The molecule has 2 N–H and O–H groups in total. The van der Waals surface area contributed by atoms with Gasteiger partial charge >= 0.3 is 0 Å². The van der Waals surface area contributed by atoms with Crippen molar-refractivity contribution in [1.29, 1.82) is 0 Å². The van der Waals surface area contributed by atoms with Gasteiger partial charge in [-0.05, 0) is 74.8 Å². The van der Waals surface area contributed by atoms with Crippen LogP contribution in [0.1, 0.15) is 41.2 Å². The van der Waals surface area contributed by atoms with Gasteiger partial charge in [0.1, 0.15) is 5.82 Å². The summed E-state index contributed by atoms with van der Waals surface area (Å²) in [6.45, 7) is 0.732. The second kappa shape index (κ2) is 11.0. The Hall–Kier alpha value is -3.20. The Bertz CT molecular complexity index is 1410.